The molecule has 0 aromatic carbocycles. The molecule has 6 nitrogen and oxygen atoms in total. The third kappa shape index (κ3) is 60.9. The minimum atomic E-state index is -0.790. The van der Waals surface area contributed by atoms with Crippen molar-refractivity contribution in [2.24, 2.45) is 0 Å². The number of allylic oxidation sites excluding steroid dienone is 18. The Morgan fingerprint density at radius 2 is 0.513 bits per heavy atom. The van der Waals surface area contributed by atoms with Gasteiger partial charge in [-0.25, -0.2) is 0 Å². The summed E-state index contributed by atoms with van der Waals surface area (Å²) in [6, 6.07) is 0. The van der Waals surface area contributed by atoms with Crippen LogP contribution in [0, 0.1) is 0 Å². The molecule has 434 valence electrons. The highest BCUT2D eigenvalue weighted by Crippen LogP contribution is 2.15. The molecule has 0 saturated carbocycles. The van der Waals surface area contributed by atoms with E-state index < -0.39 is 6.10 Å². The van der Waals surface area contributed by atoms with Crippen LogP contribution in [0.3, 0.4) is 0 Å². The summed E-state index contributed by atoms with van der Waals surface area (Å²) in [5.41, 5.74) is 0. The van der Waals surface area contributed by atoms with Crippen LogP contribution in [0.2, 0.25) is 0 Å². The average Bonchev–Trinajstić information content (AvgIpc) is 3.42. The van der Waals surface area contributed by atoms with E-state index in [4.69, 9.17) is 14.2 Å². The second kappa shape index (κ2) is 63.6. The molecule has 0 bridgehead atoms. The first-order valence-electron chi connectivity index (χ1n) is 31.9. The maximum absolute atomic E-state index is 12.9. The van der Waals surface area contributed by atoms with Gasteiger partial charge in [-0.3, -0.25) is 14.4 Å². The monoisotopic (exact) mass is 1050 g/mol. The van der Waals surface area contributed by atoms with Gasteiger partial charge >= 0.3 is 17.9 Å². The Kier molecular flexibility index (Phi) is 60.3. The van der Waals surface area contributed by atoms with E-state index in [1.54, 1.807) is 0 Å². The van der Waals surface area contributed by atoms with Gasteiger partial charge < -0.3 is 14.2 Å². The zero-order valence-corrected chi connectivity index (χ0v) is 49.7. The van der Waals surface area contributed by atoms with Gasteiger partial charge in [0, 0.05) is 19.3 Å². The molecule has 0 aliphatic rings. The molecule has 0 amide bonds. The highest BCUT2D eigenvalue weighted by molar-refractivity contribution is 5.71. The summed E-state index contributed by atoms with van der Waals surface area (Å²) in [5.74, 6) is -0.909. The van der Waals surface area contributed by atoms with Crippen LogP contribution in [0.4, 0.5) is 0 Å². The summed E-state index contributed by atoms with van der Waals surface area (Å²) in [4.78, 5) is 38.2. The molecule has 0 saturated heterocycles. The van der Waals surface area contributed by atoms with E-state index in [0.29, 0.717) is 19.3 Å². The Labute approximate surface area is 470 Å². The third-order valence-electron chi connectivity index (χ3n) is 13.5. The third-order valence-corrected chi connectivity index (χ3v) is 13.5. The largest absolute Gasteiger partial charge is 0.462 e. The highest BCUT2D eigenvalue weighted by Gasteiger charge is 2.19. The fourth-order valence-corrected chi connectivity index (χ4v) is 8.75. The first-order chi connectivity index (χ1) is 37.5. The summed E-state index contributed by atoms with van der Waals surface area (Å²) in [5, 5.41) is 0. The lowest BCUT2D eigenvalue weighted by atomic mass is 10.1. The molecule has 0 aliphatic carbocycles. The van der Waals surface area contributed by atoms with E-state index >= 15 is 0 Å². The summed E-state index contributed by atoms with van der Waals surface area (Å²) < 4.78 is 16.9. The second-order valence-electron chi connectivity index (χ2n) is 20.9. The minimum Gasteiger partial charge on any atom is -0.462 e. The molecule has 0 aromatic rings. The maximum Gasteiger partial charge on any atom is 0.306 e. The van der Waals surface area contributed by atoms with Crippen LogP contribution < -0.4 is 0 Å². The Morgan fingerprint density at radius 3 is 0.816 bits per heavy atom. The second-order valence-corrected chi connectivity index (χ2v) is 20.9. The molecule has 0 fully saturated rings. The summed E-state index contributed by atoms with van der Waals surface area (Å²) in [7, 11) is 0. The van der Waals surface area contributed by atoms with Crippen molar-refractivity contribution in [3.8, 4) is 0 Å². The zero-order chi connectivity index (χ0) is 55.0. The minimum absolute atomic E-state index is 0.0854. The number of carbonyl (C=O) groups is 3. The number of unbranched alkanes of at least 4 members (excludes halogenated alkanes) is 28. The number of carbonyl (C=O) groups excluding carboxylic acids is 3. The fourth-order valence-electron chi connectivity index (χ4n) is 8.75. The average molecular weight is 1060 g/mol. The van der Waals surface area contributed by atoms with Gasteiger partial charge in [0.2, 0.25) is 0 Å². The Hall–Kier alpha value is -3.93. The molecule has 0 aromatic heterocycles. The highest BCUT2D eigenvalue weighted by atomic mass is 16.6. The van der Waals surface area contributed by atoms with Crippen LogP contribution in [-0.4, -0.2) is 37.2 Å². The number of esters is 3. The molecular formula is C70H118O6. The smallest absolute Gasteiger partial charge is 0.306 e. The maximum atomic E-state index is 12.9. The SMILES string of the molecule is CC/C=C\C/C=C\C/C=C\C/C=C\C/C=C\C/C=C\C/C=C\C/C=C\CCCCCCC(=O)OCC(COC(=O)CCCCCCCCCCCC)OC(=O)CCCCCCCCCCC/C=C\CCCCCCCC. The lowest BCUT2D eigenvalue weighted by Gasteiger charge is -2.18. The predicted molar refractivity (Wildman–Crippen MR) is 330 cm³/mol. The summed E-state index contributed by atoms with van der Waals surface area (Å²) >= 11 is 0. The van der Waals surface area contributed by atoms with Crippen molar-refractivity contribution < 1.29 is 28.6 Å². The number of rotatable bonds is 57. The topological polar surface area (TPSA) is 78.9 Å². The van der Waals surface area contributed by atoms with Gasteiger partial charge in [0.25, 0.3) is 0 Å². The van der Waals surface area contributed by atoms with E-state index in [1.165, 1.54) is 135 Å². The van der Waals surface area contributed by atoms with Crippen molar-refractivity contribution in [1.82, 2.24) is 0 Å². The van der Waals surface area contributed by atoms with Crippen LogP contribution in [-0.2, 0) is 28.6 Å². The molecule has 0 spiro atoms. The van der Waals surface area contributed by atoms with Gasteiger partial charge in [-0.2, -0.15) is 0 Å². The van der Waals surface area contributed by atoms with Crippen molar-refractivity contribution in [2.75, 3.05) is 13.2 Å². The van der Waals surface area contributed by atoms with Gasteiger partial charge in [-0.15, -0.1) is 0 Å². The van der Waals surface area contributed by atoms with E-state index in [-0.39, 0.29) is 31.1 Å². The van der Waals surface area contributed by atoms with Crippen LogP contribution in [0.1, 0.15) is 297 Å². The van der Waals surface area contributed by atoms with Gasteiger partial charge in [0.05, 0.1) is 0 Å². The molecule has 0 N–H and O–H groups in total. The van der Waals surface area contributed by atoms with E-state index in [2.05, 4.69) is 130 Å². The molecule has 1 atom stereocenters. The van der Waals surface area contributed by atoms with E-state index in [1.807, 2.05) is 0 Å². The van der Waals surface area contributed by atoms with Gasteiger partial charge in [0.1, 0.15) is 13.2 Å². The number of hydrogen-bond acceptors (Lipinski definition) is 6. The van der Waals surface area contributed by atoms with Crippen molar-refractivity contribution in [2.45, 2.75) is 303 Å². The fraction of sp³-hybridized carbons (Fsp3) is 0.700. The van der Waals surface area contributed by atoms with Gasteiger partial charge in [-0.05, 0) is 109 Å². The molecular weight excluding hydrogens is 937 g/mol. The van der Waals surface area contributed by atoms with Crippen LogP contribution in [0.15, 0.2) is 109 Å². The lowest BCUT2D eigenvalue weighted by molar-refractivity contribution is -0.167. The predicted octanol–water partition coefficient (Wildman–Crippen LogP) is 21.8. The quantitative estimate of drug-likeness (QED) is 0.0261. The van der Waals surface area contributed by atoms with Crippen molar-refractivity contribution in [3.63, 3.8) is 0 Å². The van der Waals surface area contributed by atoms with Crippen molar-refractivity contribution in [3.05, 3.63) is 109 Å². The Morgan fingerprint density at radius 1 is 0.276 bits per heavy atom. The summed E-state index contributed by atoms with van der Waals surface area (Å²) in [6.45, 7) is 6.50. The molecule has 0 radical (unpaired) electrons. The van der Waals surface area contributed by atoms with Crippen LogP contribution in [0.25, 0.3) is 0 Å². The molecule has 6 heteroatoms. The van der Waals surface area contributed by atoms with Gasteiger partial charge in [-0.1, -0.05) is 278 Å². The number of hydrogen-bond donors (Lipinski definition) is 0. The zero-order valence-electron chi connectivity index (χ0n) is 49.7. The molecule has 76 heavy (non-hydrogen) atoms. The van der Waals surface area contributed by atoms with Gasteiger partial charge in [0.15, 0.2) is 6.10 Å². The number of ether oxygens (including phenoxy) is 3. The molecule has 1 unspecified atom stereocenters. The van der Waals surface area contributed by atoms with Crippen LogP contribution >= 0.6 is 0 Å². The first kappa shape index (κ1) is 72.1. The lowest BCUT2D eigenvalue weighted by Crippen LogP contribution is -2.30. The molecule has 0 aliphatic heterocycles. The standard InChI is InChI=1S/C70H118O6/c1-4-7-10-13-16-19-22-24-26-28-30-31-32-33-34-35-36-37-38-39-41-42-44-46-48-51-54-57-60-63-69(72)75-66-67(65-74-68(71)62-59-56-53-50-21-18-15-12-9-6-3)76-70(73)64-61-58-55-52-49-47-45-43-40-29-27-25-23-20-17-14-11-8-5-2/h7,10,16,19,24-27,30-31,33-34,36-37,39,41,44,46,67H,4-6,8-9,11-15,17-18,20-23,28-29,32,35,38,40,42-43,45,47-66H2,1-3H3/b10-7-,19-16-,26-24-,27-25-,31-30-,34-33-,37-36-,41-39-,46-44-. The first-order valence-corrected chi connectivity index (χ1v) is 31.9. The Bertz CT molecular complexity index is 1540. The molecule has 0 rings (SSSR count). The Balaban J connectivity index is 4.32. The van der Waals surface area contributed by atoms with Crippen molar-refractivity contribution in [1.29, 1.82) is 0 Å². The van der Waals surface area contributed by atoms with Crippen molar-refractivity contribution >= 4 is 17.9 Å². The van der Waals surface area contributed by atoms with Crippen LogP contribution in [0.5, 0.6) is 0 Å². The van der Waals surface area contributed by atoms with E-state index in [0.717, 1.165) is 122 Å². The summed E-state index contributed by atoms with van der Waals surface area (Å²) in [6.07, 6.45) is 86.7. The molecule has 0 heterocycles. The van der Waals surface area contributed by atoms with E-state index in [9.17, 15) is 14.4 Å². The normalized spacial score (nSPS) is 12.8.